The summed E-state index contributed by atoms with van der Waals surface area (Å²) in [7, 11) is 0. The zero-order valence-electron chi connectivity index (χ0n) is 17.9. The molecule has 0 aliphatic carbocycles. The van der Waals surface area contributed by atoms with Crippen LogP contribution in [-0.4, -0.2) is 62.2 Å². The second-order valence-corrected chi connectivity index (χ2v) is 9.12. The summed E-state index contributed by atoms with van der Waals surface area (Å²) in [6, 6.07) is 0. The molecule has 2 rings (SSSR count). The van der Waals surface area contributed by atoms with Gasteiger partial charge in [0.15, 0.2) is 11.1 Å². The maximum Gasteiger partial charge on any atom is 0.249 e. The molecule has 0 atom stereocenters. The van der Waals surface area contributed by atoms with Gasteiger partial charge in [-0.25, -0.2) is 0 Å². The van der Waals surface area contributed by atoms with Gasteiger partial charge in [0.05, 0.1) is 0 Å². The fraction of sp³-hybridized carbons (Fsp3) is 0.900. The van der Waals surface area contributed by atoms with E-state index in [4.69, 9.17) is 0 Å². The Bertz CT molecular complexity index is 501. The summed E-state index contributed by atoms with van der Waals surface area (Å²) in [6.45, 7) is 12.3. The normalized spacial score (nSPS) is 20.3. The highest BCUT2D eigenvalue weighted by Gasteiger charge is 2.32. The lowest BCUT2D eigenvalue weighted by Gasteiger charge is -2.26. The Morgan fingerprint density at radius 3 is 1.39 bits per heavy atom. The topological polar surface area (TPSA) is 107 Å². The van der Waals surface area contributed by atoms with Crippen LogP contribution in [0.4, 0.5) is 0 Å². The molecule has 0 unspecified atom stereocenters. The summed E-state index contributed by atoms with van der Waals surface area (Å²) in [5.74, 6) is 0.715. The van der Waals surface area contributed by atoms with Gasteiger partial charge in [-0.2, -0.15) is 10.2 Å². The predicted octanol–water partition coefficient (Wildman–Crippen LogP) is 1.23. The number of amides is 2. The number of carbonyl (C=O) groups is 2. The van der Waals surface area contributed by atoms with E-state index in [1.54, 1.807) is 27.7 Å². The number of rotatable bonds is 8. The van der Waals surface area contributed by atoms with E-state index in [1.807, 2.05) is 0 Å². The Morgan fingerprint density at radius 1 is 0.750 bits per heavy atom. The van der Waals surface area contributed by atoms with Crippen LogP contribution in [0.2, 0.25) is 0 Å². The van der Waals surface area contributed by atoms with Crippen LogP contribution in [0.15, 0.2) is 10.2 Å². The van der Waals surface area contributed by atoms with E-state index < -0.39 is 11.1 Å². The first-order chi connectivity index (χ1) is 13.2. The largest absolute Gasteiger partial charge is 0.354 e. The van der Waals surface area contributed by atoms with Gasteiger partial charge in [-0.1, -0.05) is 0 Å². The molecular formula is C20H38N6O2. The summed E-state index contributed by atoms with van der Waals surface area (Å²) in [4.78, 5) is 25.1. The number of piperidine rings is 2. The maximum atomic E-state index is 12.5. The maximum absolute atomic E-state index is 12.5. The average Bonchev–Trinajstić information content (AvgIpc) is 2.70. The fourth-order valence-electron chi connectivity index (χ4n) is 3.42. The summed E-state index contributed by atoms with van der Waals surface area (Å²) < 4.78 is 0. The molecule has 8 heteroatoms. The first-order valence-electron chi connectivity index (χ1n) is 10.6. The standard InChI is InChI=1S/C20H38N6O2/c1-19(2,17(27)23-13-15-5-9-21-10-6-15)25-26-20(3,4)18(28)24-14-16-7-11-22-12-8-16/h15-16,21-22H,5-14H2,1-4H3,(H,23,27)(H,24,28)/b26-25+. The van der Waals surface area contributed by atoms with E-state index in [-0.39, 0.29) is 11.8 Å². The Labute approximate surface area is 169 Å². The molecule has 28 heavy (non-hydrogen) atoms. The quantitative estimate of drug-likeness (QED) is 0.465. The molecule has 2 aliphatic heterocycles. The number of carbonyl (C=O) groups excluding carboxylic acids is 2. The molecule has 160 valence electrons. The van der Waals surface area contributed by atoms with Gasteiger partial charge in [0.1, 0.15) is 0 Å². The molecule has 0 aromatic rings. The van der Waals surface area contributed by atoms with E-state index in [1.165, 1.54) is 0 Å². The minimum atomic E-state index is -1.00. The van der Waals surface area contributed by atoms with Crippen molar-refractivity contribution in [2.45, 2.75) is 64.5 Å². The molecular weight excluding hydrogens is 356 g/mol. The van der Waals surface area contributed by atoms with Crippen molar-refractivity contribution in [2.75, 3.05) is 39.3 Å². The van der Waals surface area contributed by atoms with Crippen LogP contribution < -0.4 is 21.3 Å². The zero-order chi connectivity index (χ0) is 20.6. The molecule has 2 amide bonds. The second-order valence-electron chi connectivity index (χ2n) is 9.12. The summed E-state index contributed by atoms with van der Waals surface area (Å²) in [6.07, 6.45) is 4.30. The molecule has 2 aliphatic rings. The molecule has 0 spiro atoms. The lowest BCUT2D eigenvalue weighted by molar-refractivity contribution is -0.127. The average molecular weight is 395 g/mol. The third-order valence-electron chi connectivity index (χ3n) is 5.68. The smallest absolute Gasteiger partial charge is 0.249 e. The predicted molar refractivity (Wildman–Crippen MR) is 110 cm³/mol. The monoisotopic (exact) mass is 394 g/mol. The summed E-state index contributed by atoms with van der Waals surface area (Å²) >= 11 is 0. The molecule has 2 saturated heterocycles. The van der Waals surface area contributed by atoms with Crippen LogP contribution in [0.3, 0.4) is 0 Å². The van der Waals surface area contributed by atoms with Gasteiger partial charge in [-0.05, 0) is 91.4 Å². The van der Waals surface area contributed by atoms with E-state index >= 15 is 0 Å². The minimum Gasteiger partial charge on any atom is -0.354 e. The molecule has 4 N–H and O–H groups in total. The first-order valence-corrected chi connectivity index (χ1v) is 10.6. The van der Waals surface area contributed by atoms with Gasteiger partial charge >= 0.3 is 0 Å². The van der Waals surface area contributed by atoms with Gasteiger partial charge in [-0.15, -0.1) is 0 Å². The Balaban J connectivity index is 1.81. The minimum absolute atomic E-state index is 0.152. The van der Waals surface area contributed by atoms with Gasteiger partial charge in [0, 0.05) is 13.1 Å². The molecule has 2 fully saturated rings. The molecule has 2 heterocycles. The van der Waals surface area contributed by atoms with Crippen molar-refractivity contribution < 1.29 is 9.59 Å². The second kappa shape index (κ2) is 10.3. The van der Waals surface area contributed by atoms with Crippen molar-refractivity contribution in [1.82, 2.24) is 21.3 Å². The molecule has 8 nitrogen and oxygen atoms in total. The van der Waals surface area contributed by atoms with Crippen LogP contribution in [0.1, 0.15) is 53.4 Å². The van der Waals surface area contributed by atoms with E-state index in [9.17, 15) is 9.59 Å². The van der Waals surface area contributed by atoms with Crippen molar-refractivity contribution in [3.8, 4) is 0 Å². The number of hydrogen-bond donors (Lipinski definition) is 4. The van der Waals surface area contributed by atoms with Gasteiger partial charge in [-0.3, -0.25) is 9.59 Å². The van der Waals surface area contributed by atoms with Crippen LogP contribution in [0.5, 0.6) is 0 Å². The van der Waals surface area contributed by atoms with E-state index in [0.717, 1.165) is 51.9 Å². The lowest BCUT2D eigenvalue weighted by atomic mass is 9.97. The lowest BCUT2D eigenvalue weighted by Crippen LogP contribution is -2.46. The van der Waals surface area contributed by atoms with E-state index in [0.29, 0.717) is 24.9 Å². The van der Waals surface area contributed by atoms with Crippen molar-refractivity contribution in [1.29, 1.82) is 0 Å². The highest BCUT2D eigenvalue weighted by Crippen LogP contribution is 2.18. The van der Waals surface area contributed by atoms with Gasteiger partial charge in [0.25, 0.3) is 0 Å². The number of azo groups is 1. The summed E-state index contributed by atoms with van der Waals surface area (Å²) in [5, 5.41) is 21.1. The third kappa shape index (κ3) is 7.13. The number of hydrogen-bond acceptors (Lipinski definition) is 6. The SMILES string of the molecule is CC(C)(/N=N/C(C)(C)C(=O)NCC1CCNCC1)C(=O)NCC1CCNCC1. The van der Waals surface area contributed by atoms with Crippen molar-refractivity contribution in [3.63, 3.8) is 0 Å². The Kier molecular flexibility index (Phi) is 8.37. The zero-order valence-corrected chi connectivity index (χ0v) is 17.9. The van der Waals surface area contributed by atoms with Crippen LogP contribution in [-0.2, 0) is 9.59 Å². The highest BCUT2D eigenvalue weighted by molar-refractivity contribution is 5.86. The summed E-state index contributed by atoms with van der Waals surface area (Å²) in [5.41, 5.74) is -2.00. The molecule has 0 aromatic carbocycles. The van der Waals surface area contributed by atoms with Gasteiger partial charge < -0.3 is 21.3 Å². The Morgan fingerprint density at radius 2 is 1.07 bits per heavy atom. The number of nitrogens with zero attached hydrogens (tertiary/aromatic N) is 2. The van der Waals surface area contributed by atoms with Crippen molar-refractivity contribution >= 4 is 11.8 Å². The van der Waals surface area contributed by atoms with Gasteiger partial charge in [0.2, 0.25) is 11.8 Å². The van der Waals surface area contributed by atoms with Crippen molar-refractivity contribution in [3.05, 3.63) is 0 Å². The molecule has 0 aromatic heterocycles. The fourth-order valence-corrected chi connectivity index (χ4v) is 3.42. The van der Waals surface area contributed by atoms with Crippen molar-refractivity contribution in [2.24, 2.45) is 22.1 Å². The molecule has 0 radical (unpaired) electrons. The van der Waals surface area contributed by atoms with E-state index in [2.05, 4.69) is 31.5 Å². The Hall–Kier alpha value is -1.54. The van der Waals surface area contributed by atoms with Crippen LogP contribution in [0.25, 0.3) is 0 Å². The van der Waals surface area contributed by atoms with Crippen LogP contribution >= 0.6 is 0 Å². The molecule has 0 bridgehead atoms. The molecule has 0 saturated carbocycles. The third-order valence-corrected chi connectivity index (χ3v) is 5.68. The first kappa shape index (κ1) is 22.7. The highest BCUT2D eigenvalue weighted by atomic mass is 16.2. The number of nitrogens with one attached hydrogen (secondary N) is 4. The van der Waals surface area contributed by atoms with Crippen LogP contribution in [0, 0.1) is 11.8 Å².